The van der Waals surface area contributed by atoms with Crippen LogP contribution in [0.25, 0.3) is 0 Å². The highest BCUT2D eigenvalue weighted by Gasteiger charge is 2.72. The molecule has 0 aromatic heterocycles. The van der Waals surface area contributed by atoms with Gasteiger partial charge in [0.25, 0.3) is 0 Å². The summed E-state index contributed by atoms with van der Waals surface area (Å²) >= 11 is 0. The fourth-order valence-corrected chi connectivity index (χ4v) is 6.37. The van der Waals surface area contributed by atoms with Crippen molar-refractivity contribution in [2.45, 2.75) is 81.2 Å². The van der Waals surface area contributed by atoms with Crippen molar-refractivity contribution >= 4 is 11.9 Å². The van der Waals surface area contributed by atoms with E-state index in [1.54, 1.807) is 26.0 Å². The van der Waals surface area contributed by atoms with Crippen molar-refractivity contribution < 1.29 is 44.2 Å². The molecule has 2 aliphatic carbocycles. The molecule has 1 saturated heterocycles. The second kappa shape index (κ2) is 8.28. The smallest absolute Gasteiger partial charge is 0.343 e. The maximum atomic E-state index is 12.7. The van der Waals surface area contributed by atoms with Crippen LogP contribution in [0.3, 0.4) is 0 Å². The second-order valence-corrected chi connectivity index (χ2v) is 10.2. The van der Waals surface area contributed by atoms with Crippen molar-refractivity contribution in [1.82, 2.24) is 4.90 Å². The first-order valence-electron chi connectivity index (χ1n) is 11.9. The van der Waals surface area contributed by atoms with Crippen LogP contribution in [0.4, 0.5) is 0 Å². The Morgan fingerprint density at radius 1 is 1.23 bits per heavy atom. The van der Waals surface area contributed by atoms with Crippen LogP contribution in [-0.4, -0.2) is 86.9 Å². The lowest BCUT2D eigenvalue weighted by atomic mass is 9.50. The molecule has 0 radical (unpaired) electrons. The summed E-state index contributed by atoms with van der Waals surface area (Å²) in [6.07, 6.45) is -2.79. The summed E-state index contributed by atoms with van der Waals surface area (Å²) in [5.41, 5.74) is 0.309. The van der Waals surface area contributed by atoms with Gasteiger partial charge in [0.15, 0.2) is 18.3 Å². The first-order chi connectivity index (χ1) is 16.5. The molecular weight excluding hydrogens is 458 g/mol. The summed E-state index contributed by atoms with van der Waals surface area (Å²) < 4.78 is 16.7. The largest absolute Gasteiger partial charge is 0.481 e. The van der Waals surface area contributed by atoms with Gasteiger partial charge in [-0.25, -0.2) is 9.59 Å². The number of benzene rings is 1. The molecule has 5 rings (SSSR count). The highest BCUT2D eigenvalue weighted by atomic mass is 16.6. The van der Waals surface area contributed by atoms with E-state index < -0.39 is 47.4 Å². The molecular formula is C25H31NO9. The van der Waals surface area contributed by atoms with Crippen molar-refractivity contribution in [3.05, 3.63) is 40.7 Å². The molecule has 190 valence electrons. The number of ether oxygens (including phenoxy) is 3. The molecule has 10 heteroatoms. The number of hydrogen-bond acceptors (Lipinski definition) is 10. The van der Waals surface area contributed by atoms with Crippen LogP contribution >= 0.6 is 0 Å². The van der Waals surface area contributed by atoms with Gasteiger partial charge in [-0.2, -0.15) is 0 Å². The Balaban J connectivity index is 1.50. The van der Waals surface area contributed by atoms with Gasteiger partial charge in [0, 0.05) is 23.6 Å². The number of carbonyl (C=O) groups excluding carboxylic acids is 2. The van der Waals surface area contributed by atoms with Crippen LogP contribution in [0.2, 0.25) is 0 Å². The number of nitrogens with zero attached hydrogens (tertiary/aromatic N) is 1. The van der Waals surface area contributed by atoms with Gasteiger partial charge in [-0.05, 0) is 51.9 Å². The van der Waals surface area contributed by atoms with Crippen LogP contribution in [0.1, 0.15) is 43.4 Å². The van der Waals surface area contributed by atoms with Gasteiger partial charge in [0.2, 0.25) is 0 Å². The number of aliphatic hydroxyl groups excluding tert-OH is 3. The lowest BCUT2D eigenvalue weighted by molar-refractivity contribution is -0.180. The Morgan fingerprint density at radius 3 is 2.63 bits per heavy atom. The van der Waals surface area contributed by atoms with Gasteiger partial charge in [-0.1, -0.05) is 12.1 Å². The normalized spacial score (nSPS) is 32.3. The van der Waals surface area contributed by atoms with E-state index in [4.69, 9.17) is 14.2 Å². The Morgan fingerprint density at radius 2 is 1.94 bits per heavy atom. The van der Waals surface area contributed by atoms with Crippen LogP contribution < -0.4 is 4.74 Å². The van der Waals surface area contributed by atoms with Gasteiger partial charge in [0.1, 0.15) is 11.5 Å². The van der Waals surface area contributed by atoms with Gasteiger partial charge < -0.3 is 39.5 Å². The Bertz CT molecular complexity index is 1100. The minimum absolute atomic E-state index is 0.0967. The SMILES string of the molecule is CC(C)OC(=O)[C@H](O)[C@@H](O)C(=O)OC1=CC[C@@]2(O)[C@H]3Cc4ccc(CO)c5c4C2(CCN3C)C1O5. The van der Waals surface area contributed by atoms with E-state index in [0.29, 0.717) is 30.7 Å². The van der Waals surface area contributed by atoms with E-state index >= 15 is 0 Å². The fourth-order valence-electron chi connectivity index (χ4n) is 6.37. The third-order valence-electron chi connectivity index (χ3n) is 7.98. The molecule has 2 unspecified atom stereocenters. The first-order valence-corrected chi connectivity index (χ1v) is 11.9. The monoisotopic (exact) mass is 489 g/mol. The number of likely N-dealkylation sites (tertiary alicyclic amines) is 1. The van der Waals surface area contributed by atoms with Crippen LogP contribution in [0, 0.1) is 0 Å². The first kappa shape index (κ1) is 24.2. The third-order valence-corrected chi connectivity index (χ3v) is 7.98. The number of carbonyl (C=O) groups is 2. The molecule has 1 fully saturated rings. The number of esters is 2. The molecule has 0 saturated carbocycles. The average molecular weight is 490 g/mol. The van der Waals surface area contributed by atoms with Crippen molar-refractivity contribution in [3.63, 3.8) is 0 Å². The second-order valence-electron chi connectivity index (χ2n) is 10.2. The number of aliphatic hydroxyl groups is 4. The van der Waals surface area contributed by atoms with Crippen molar-refractivity contribution in [2.75, 3.05) is 13.6 Å². The molecule has 4 aliphatic rings. The van der Waals surface area contributed by atoms with Crippen LogP contribution in [-0.2, 0) is 37.5 Å². The Hall–Kier alpha value is -2.50. The standard InChI is InChI=1S/C25H31NO9/c1-12(2)33-22(30)18(28)19(29)23(31)34-15-6-7-25(32)16-10-13-4-5-14(11-27)20-17(13)24(25,21(15)35-20)8-9-26(16)3/h4-6,12,16,18-19,21,27-29,32H,7-11H2,1-3H3/t16-,18-,19-,21?,24?,25-/m1/s1. The third kappa shape index (κ3) is 3.27. The average Bonchev–Trinajstić information content (AvgIpc) is 3.17. The van der Waals surface area contributed by atoms with E-state index in [0.717, 1.165) is 11.1 Å². The predicted octanol–water partition coefficient (Wildman–Crippen LogP) is -0.327. The zero-order chi connectivity index (χ0) is 25.3. The molecule has 35 heavy (non-hydrogen) atoms. The molecule has 6 atom stereocenters. The van der Waals surface area contributed by atoms with Gasteiger partial charge in [-0.3, -0.25) is 0 Å². The fraction of sp³-hybridized carbons (Fsp3) is 0.600. The number of likely N-dealkylation sites (N-methyl/N-ethyl adjacent to an activating group) is 1. The lowest BCUT2D eigenvalue weighted by Crippen LogP contribution is -2.74. The van der Waals surface area contributed by atoms with Crippen LogP contribution in [0.5, 0.6) is 5.75 Å². The van der Waals surface area contributed by atoms with E-state index in [2.05, 4.69) is 4.90 Å². The molecule has 2 heterocycles. The van der Waals surface area contributed by atoms with E-state index in [1.807, 2.05) is 13.1 Å². The summed E-state index contributed by atoms with van der Waals surface area (Å²) in [5, 5.41) is 42.4. The van der Waals surface area contributed by atoms with Crippen LogP contribution in [0.15, 0.2) is 24.0 Å². The molecule has 1 aromatic carbocycles. The molecule has 2 bridgehead atoms. The summed E-state index contributed by atoms with van der Waals surface area (Å²) in [4.78, 5) is 26.8. The van der Waals surface area contributed by atoms with E-state index in [-0.39, 0.29) is 24.8 Å². The predicted molar refractivity (Wildman–Crippen MR) is 120 cm³/mol. The summed E-state index contributed by atoms with van der Waals surface area (Å²) in [6, 6.07) is 3.57. The van der Waals surface area contributed by atoms with Gasteiger partial charge >= 0.3 is 11.9 Å². The van der Waals surface area contributed by atoms with Crippen molar-refractivity contribution in [1.29, 1.82) is 0 Å². The van der Waals surface area contributed by atoms with E-state index in [9.17, 15) is 30.0 Å². The maximum Gasteiger partial charge on any atom is 0.343 e. The molecule has 1 aromatic rings. The lowest BCUT2D eigenvalue weighted by Gasteiger charge is -2.61. The highest BCUT2D eigenvalue weighted by molar-refractivity contribution is 5.86. The zero-order valence-corrected chi connectivity index (χ0v) is 19.9. The minimum atomic E-state index is -2.16. The number of piperidine rings is 1. The van der Waals surface area contributed by atoms with Crippen molar-refractivity contribution in [3.8, 4) is 5.75 Å². The Labute approximate surface area is 202 Å². The maximum absolute atomic E-state index is 12.7. The summed E-state index contributed by atoms with van der Waals surface area (Å²) in [6.45, 7) is 3.57. The van der Waals surface area contributed by atoms with Gasteiger partial charge in [0.05, 0.1) is 23.7 Å². The van der Waals surface area contributed by atoms with E-state index in [1.165, 1.54) is 0 Å². The molecule has 10 nitrogen and oxygen atoms in total. The van der Waals surface area contributed by atoms with Gasteiger partial charge in [-0.15, -0.1) is 0 Å². The summed E-state index contributed by atoms with van der Waals surface area (Å²) in [7, 11) is 1.97. The molecule has 0 amide bonds. The highest BCUT2D eigenvalue weighted by Crippen LogP contribution is 2.64. The minimum Gasteiger partial charge on any atom is -0.481 e. The molecule has 1 spiro atoms. The Kier molecular flexibility index (Phi) is 5.72. The van der Waals surface area contributed by atoms with Crippen molar-refractivity contribution in [2.24, 2.45) is 0 Å². The zero-order valence-electron chi connectivity index (χ0n) is 19.9. The quantitative estimate of drug-likeness (QED) is 0.392. The number of hydrogen-bond donors (Lipinski definition) is 4. The topological polar surface area (TPSA) is 146 Å². The molecule has 4 N–H and O–H groups in total. The molecule has 2 aliphatic heterocycles. The summed E-state index contributed by atoms with van der Waals surface area (Å²) in [5.74, 6) is -1.78. The number of rotatable bonds is 6.